The highest BCUT2D eigenvalue weighted by molar-refractivity contribution is 5.15. The van der Waals surface area contributed by atoms with Crippen molar-refractivity contribution in [3.63, 3.8) is 0 Å². The van der Waals surface area contributed by atoms with Gasteiger partial charge < -0.3 is 5.32 Å². The van der Waals surface area contributed by atoms with Gasteiger partial charge in [0.25, 0.3) is 0 Å². The first-order chi connectivity index (χ1) is 5.88. The van der Waals surface area contributed by atoms with Crippen LogP contribution < -0.4 is 5.32 Å². The van der Waals surface area contributed by atoms with E-state index in [2.05, 4.69) is 16.9 Å². The summed E-state index contributed by atoms with van der Waals surface area (Å²) in [5, 5.41) is 3.22. The van der Waals surface area contributed by atoms with E-state index in [9.17, 15) is 0 Å². The van der Waals surface area contributed by atoms with E-state index in [1.807, 2.05) is 37.7 Å². The molecule has 0 spiro atoms. The zero-order valence-electron chi connectivity index (χ0n) is 7.33. The molecule has 1 unspecified atom stereocenters. The van der Waals surface area contributed by atoms with E-state index >= 15 is 0 Å². The van der Waals surface area contributed by atoms with Crippen LogP contribution in [0, 0.1) is 0 Å². The van der Waals surface area contributed by atoms with Crippen molar-refractivity contribution in [1.29, 1.82) is 0 Å². The third-order valence-electron chi connectivity index (χ3n) is 1.86. The summed E-state index contributed by atoms with van der Waals surface area (Å²) in [6.45, 7) is 3.72. The first kappa shape index (κ1) is 8.94. The zero-order valence-corrected chi connectivity index (χ0v) is 7.33. The Bertz CT molecular complexity index is 231. The molecule has 0 aliphatic carbocycles. The van der Waals surface area contributed by atoms with E-state index in [4.69, 9.17) is 0 Å². The van der Waals surface area contributed by atoms with Crippen molar-refractivity contribution in [3.05, 3.63) is 42.7 Å². The first-order valence-electron chi connectivity index (χ1n) is 4.06. The number of aromatic nitrogens is 1. The van der Waals surface area contributed by atoms with Gasteiger partial charge in [-0.25, -0.2) is 0 Å². The maximum atomic E-state index is 3.97. The summed E-state index contributed by atoms with van der Waals surface area (Å²) in [5.74, 6) is 0. The van der Waals surface area contributed by atoms with Gasteiger partial charge in [-0.2, -0.15) is 0 Å². The number of pyridine rings is 1. The highest BCUT2D eigenvalue weighted by Gasteiger charge is 2.04. The third-order valence-corrected chi connectivity index (χ3v) is 1.86. The summed E-state index contributed by atoms with van der Waals surface area (Å²) in [4.78, 5) is 3.97. The minimum absolute atomic E-state index is 0.366. The second-order valence-electron chi connectivity index (χ2n) is 2.65. The lowest BCUT2D eigenvalue weighted by molar-refractivity contribution is 0.603. The fraction of sp³-hybridized carbons (Fsp3) is 0.300. The van der Waals surface area contributed by atoms with Gasteiger partial charge >= 0.3 is 0 Å². The quantitative estimate of drug-likeness (QED) is 0.684. The molecule has 0 bridgehead atoms. The number of nitrogens with one attached hydrogen (secondary N) is 1. The van der Waals surface area contributed by atoms with Crippen LogP contribution in [0.4, 0.5) is 0 Å². The third kappa shape index (κ3) is 2.17. The van der Waals surface area contributed by atoms with Crippen molar-refractivity contribution >= 4 is 0 Å². The van der Waals surface area contributed by atoms with Gasteiger partial charge in [0.15, 0.2) is 0 Å². The first-order valence-corrected chi connectivity index (χ1v) is 4.06. The molecule has 1 rings (SSSR count). The molecule has 1 heterocycles. The van der Waals surface area contributed by atoms with E-state index in [0.717, 1.165) is 6.42 Å². The Labute approximate surface area is 73.3 Å². The van der Waals surface area contributed by atoms with Gasteiger partial charge in [0.1, 0.15) is 0 Å². The summed E-state index contributed by atoms with van der Waals surface area (Å²) in [7, 11) is 1.95. The van der Waals surface area contributed by atoms with Crippen LogP contribution >= 0.6 is 0 Å². The number of nitrogens with zero attached hydrogens (tertiary/aromatic N) is 1. The summed E-state index contributed by atoms with van der Waals surface area (Å²) < 4.78 is 0. The van der Waals surface area contributed by atoms with E-state index in [1.165, 1.54) is 5.56 Å². The normalized spacial score (nSPS) is 12.4. The number of hydrogen-bond acceptors (Lipinski definition) is 2. The molecule has 0 radical (unpaired) electrons. The molecule has 0 saturated heterocycles. The van der Waals surface area contributed by atoms with Crippen molar-refractivity contribution in [3.8, 4) is 0 Å². The molecular weight excluding hydrogens is 148 g/mol. The maximum absolute atomic E-state index is 3.97. The molecule has 0 aromatic carbocycles. The van der Waals surface area contributed by atoms with Crippen molar-refractivity contribution in [2.45, 2.75) is 12.5 Å². The predicted molar refractivity (Wildman–Crippen MR) is 50.9 cm³/mol. The fourth-order valence-corrected chi connectivity index (χ4v) is 1.18. The molecule has 0 aliphatic heterocycles. The van der Waals surface area contributed by atoms with Gasteiger partial charge in [-0.3, -0.25) is 4.98 Å². The van der Waals surface area contributed by atoms with Gasteiger partial charge in [-0.05, 0) is 31.2 Å². The van der Waals surface area contributed by atoms with Crippen LogP contribution in [0.1, 0.15) is 18.0 Å². The summed E-state index contributed by atoms with van der Waals surface area (Å²) in [6.07, 6.45) is 6.48. The molecule has 1 aromatic heterocycles. The zero-order chi connectivity index (χ0) is 8.81. The molecule has 0 saturated carbocycles. The van der Waals surface area contributed by atoms with Crippen LogP contribution in [0.3, 0.4) is 0 Å². The Hall–Kier alpha value is -1.15. The van der Waals surface area contributed by atoms with Gasteiger partial charge in [0, 0.05) is 18.4 Å². The van der Waals surface area contributed by atoms with Gasteiger partial charge in [0.2, 0.25) is 0 Å². The molecule has 0 fully saturated rings. The Kier molecular flexibility index (Phi) is 3.48. The monoisotopic (exact) mass is 162 g/mol. The molecule has 0 amide bonds. The summed E-state index contributed by atoms with van der Waals surface area (Å²) in [5.41, 5.74) is 1.26. The Balaban J connectivity index is 2.72. The Morgan fingerprint density at radius 2 is 2.25 bits per heavy atom. The lowest BCUT2D eigenvalue weighted by atomic mass is 10.1. The number of rotatable bonds is 4. The predicted octanol–water partition coefficient (Wildman–Crippen LogP) is 1.92. The van der Waals surface area contributed by atoms with Gasteiger partial charge in [-0.1, -0.05) is 6.08 Å². The van der Waals surface area contributed by atoms with Crippen molar-refractivity contribution in [2.75, 3.05) is 7.05 Å². The Morgan fingerprint density at radius 3 is 2.75 bits per heavy atom. The van der Waals surface area contributed by atoms with Crippen LogP contribution in [0.25, 0.3) is 0 Å². The lowest BCUT2D eigenvalue weighted by Gasteiger charge is -2.13. The van der Waals surface area contributed by atoms with Crippen LogP contribution in [0.2, 0.25) is 0 Å². The topological polar surface area (TPSA) is 24.9 Å². The second-order valence-corrected chi connectivity index (χ2v) is 2.65. The minimum atomic E-state index is 0.366. The largest absolute Gasteiger partial charge is 0.313 e. The molecule has 1 N–H and O–H groups in total. The standard InChI is InChI=1S/C10H14N2/c1-3-4-10(11-2)9-5-7-12-8-6-9/h3,5-8,10-11H,1,4H2,2H3. The van der Waals surface area contributed by atoms with Crippen molar-refractivity contribution < 1.29 is 0 Å². The molecule has 1 aromatic rings. The summed E-state index contributed by atoms with van der Waals surface area (Å²) >= 11 is 0. The van der Waals surface area contributed by atoms with Crippen LogP contribution in [0.5, 0.6) is 0 Å². The maximum Gasteiger partial charge on any atom is 0.0353 e. The van der Waals surface area contributed by atoms with Crippen LogP contribution in [-0.2, 0) is 0 Å². The van der Waals surface area contributed by atoms with Crippen LogP contribution in [-0.4, -0.2) is 12.0 Å². The highest BCUT2D eigenvalue weighted by atomic mass is 14.9. The number of hydrogen-bond donors (Lipinski definition) is 1. The van der Waals surface area contributed by atoms with Crippen LogP contribution in [0.15, 0.2) is 37.2 Å². The van der Waals surface area contributed by atoms with Crippen molar-refractivity contribution in [2.24, 2.45) is 0 Å². The average Bonchev–Trinajstić information content (AvgIpc) is 2.15. The van der Waals surface area contributed by atoms with E-state index < -0.39 is 0 Å². The molecule has 64 valence electrons. The van der Waals surface area contributed by atoms with E-state index in [-0.39, 0.29) is 0 Å². The highest BCUT2D eigenvalue weighted by Crippen LogP contribution is 2.14. The lowest BCUT2D eigenvalue weighted by Crippen LogP contribution is -2.15. The molecule has 2 heteroatoms. The average molecular weight is 162 g/mol. The molecular formula is C10H14N2. The molecule has 1 atom stereocenters. The van der Waals surface area contributed by atoms with Gasteiger partial charge in [-0.15, -0.1) is 6.58 Å². The minimum Gasteiger partial charge on any atom is -0.313 e. The molecule has 12 heavy (non-hydrogen) atoms. The smallest absolute Gasteiger partial charge is 0.0353 e. The van der Waals surface area contributed by atoms with Crippen molar-refractivity contribution in [1.82, 2.24) is 10.3 Å². The Morgan fingerprint density at radius 1 is 1.58 bits per heavy atom. The van der Waals surface area contributed by atoms with E-state index in [1.54, 1.807) is 0 Å². The molecule has 2 nitrogen and oxygen atoms in total. The van der Waals surface area contributed by atoms with E-state index in [0.29, 0.717) is 6.04 Å². The SMILES string of the molecule is C=CCC(NC)c1ccncc1. The fourth-order valence-electron chi connectivity index (χ4n) is 1.18. The second kappa shape index (κ2) is 4.67. The van der Waals surface area contributed by atoms with Gasteiger partial charge in [0.05, 0.1) is 0 Å². The summed E-state index contributed by atoms with van der Waals surface area (Å²) in [6, 6.07) is 4.40. The molecule has 0 aliphatic rings.